The number of nitrogens with one attached hydrogen (secondary N) is 1. The van der Waals surface area contributed by atoms with Gasteiger partial charge in [-0.15, -0.1) is 0 Å². The van der Waals surface area contributed by atoms with Crippen LogP contribution in [0, 0.1) is 0 Å². The molecule has 0 atom stereocenters. The van der Waals surface area contributed by atoms with Gasteiger partial charge in [-0.3, -0.25) is 0 Å². The first-order chi connectivity index (χ1) is 12.7. The maximum Gasteiger partial charge on any atom is 0.240 e. The Morgan fingerprint density at radius 3 is 2.33 bits per heavy atom. The van der Waals surface area contributed by atoms with Crippen LogP contribution >= 0.6 is 11.6 Å². The van der Waals surface area contributed by atoms with E-state index in [2.05, 4.69) is 9.62 Å². The third-order valence-corrected chi connectivity index (χ3v) is 8.85. The van der Waals surface area contributed by atoms with E-state index < -0.39 is 19.9 Å². The zero-order valence-corrected chi connectivity index (χ0v) is 17.6. The SMILES string of the molecule is COc1ccc(S(=O)(=O)NC2CCN(C3CCS(=O)(=O)CC3)CC2)cc1Cl. The average molecular weight is 437 g/mol. The molecule has 0 radical (unpaired) electrons. The van der Waals surface area contributed by atoms with Crippen LogP contribution in [-0.2, 0) is 19.9 Å². The fourth-order valence-electron chi connectivity index (χ4n) is 3.73. The Balaban J connectivity index is 1.56. The second-order valence-electron chi connectivity index (χ2n) is 7.11. The number of halogens is 1. The van der Waals surface area contributed by atoms with E-state index in [1.807, 2.05) is 0 Å². The van der Waals surface area contributed by atoms with Crippen molar-refractivity contribution >= 4 is 31.5 Å². The number of likely N-dealkylation sites (tertiary alicyclic amines) is 1. The highest BCUT2D eigenvalue weighted by Gasteiger charge is 2.31. The Hall–Kier alpha value is -0.870. The highest BCUT2D eigenvalue weighted by atomic mass is 35.5. The number of piperidine rings is 1. The summed E-state index contributed by atoms with van der Waals surface area (Å²) in [5.74, 6) is 0.934. The van der Waals surface area contributed by atoms with Crippen LogP contribution in [0.1, 0.15) is 25.7 Å². The van der Waals surface area contributed by atoms with Crippen molar-refractivity contribution < 1.29 is 21.6 Å². The molecular weight excluding hydrogens is 412 g/mol. The monoisotopic (exact) mass is 436 g/mol. The van der Waals surface area contributed by atoms with Gasteiger partial charge in [0.1, 0.15) is 15.6 Å². The van der Waals surface area contributed by atoms with Crippen molar-refractivity contribution in [2.45, 2.75) is 42.7 Å². The molecule has 2 fully saturated rings. The van der Waals surface area contributed by atoms with Gasteiger partial charge in [0, 0.05) is 12.1 Å². The number of nitrogens with zero attached hydrogens (tertiary/aromatic N) is 1. The van der Waals surface area contributed by atoms with Crippen molar-refractivity contribution in [3.05, 3.63) is 23.2 Å². The predicted molar refractivity (Wildman–Crippen MR) is 105 cm³/mol. The standard InChI is InChI=1S/C17H25ClN2O5S2/c1-25-17-3-2-15(12-16(17)18)27(23,24)19-13-4-8-20(9-5-13)14-6-10-26(21,22)11-7-14/h2-3,12-14,19H,4-11H2,1H3. The van der Waals surface area contributed by atoms with E-state index in [0.29, 0.717) is 31.4 Å². The van der Waals surface area contributed by atoms with Crippen LogP contribution in [-0.4, -0.2) is 65.5 Å². The van der Waals surface area contributed by atoms with Gasteiger partial charge in [0.25, 0.3) is 0 Å². The first-order valence-electron chi connectivity index (χ1n) is 9.00. The van der Waals surface area contributed by atoms with Crippen molar-refractivity contribution in [1.82, 2.24) is 9.62 Å². The summed E-state index contributed by atoms with van der Waals surface area (Å²) in [6.45, 7) is 1.53. The number of sulfonamides is 1. The molecule has 7 nitrogen and oxygen atoms in total. The van der Waals surface area contributed by atoms with Gasteiger partial charge in [0.2, 0.25) is 10.0 Å². The molecule has 0 saturated carbocycles. The number of hydrogen-bond acceptors (Lipinski definition) is 6. The van der Waals surface area contributed by atoms with Crippen LogP contribution < -0.4 is 9.46 Å². The van der Waals surface area contributed by atoms with Gasteiger partial charge in [-0.2, -0.15) is 0 Å². The number of sulfone groups is 1. The van der Waals surface area contributed by atoms with Gasteiger partial charge in [-0.25, -0.2) is 21.6 Å². The van der Waals surface area contributed by atoms with Gasteiger partial charge in [-0.05, 0) is 57.0 Å². The first-order valence-corrected chi connectivity index (χ1v) is 12.7. The fourth-order valence-corrected chi connectivity index (χ4v) is 6.85. The predicted octanol–water partition coefficient (Wildman–Crippen LogP) is 1.67. The molecule has 2 aliphatic rings. The number of benzene rings is 1. The van der Waals surface area contributed by atoms with Gasteiger partial charge < -0.3 is 9.64 Å². The zero-order chi connectivity index (χ0) is 19.7. The van der Waals surface area contributed by atoms with E-state index in [0.717, 1.165) is 13.1 Å². The summed E-state index contributed by atoms with van der Waals surface area (Å²) < 4.78 is 56.2. The lowest BCUT2D eigenvalue weighted by atomic mass is 10.0. The molecule has 1 N–H and O–H groups in total. The number of methoxy groups -OCH3 is 1. The molecule has 27 heavy (non-hydrogen) atoms. The molecule has 152 valence electrons. The van der Waals surface area contributed by atoms with E-state index in [-0.39, 0.29) is 33.5 Å². The van der Waals surface area contributed by atoms with E-state index in [1.165, 1.54) is 25.3 Å². The molecule has 1 aromatic rings. The van der Waals surface area contributed by atoms with Gasteiger partial charge in [0.15, 0.2) is 0 Å². The van der Waals surface area contributed by atoms with Crippen molar-refractivity contribution in [3.8, 4) is 5.75 Å². The van der Waals surface area contributed by atoms with Crippen molar-refractivity contribution in [2.24, 2.45) is 0 Å². The van der Waals surface area contributed by atoms with Crippen molar-refractivity contribution in [2.75, 3.05) is 31.7 Å². The molecule has 0 amide bonds. The molecule has 2 heterocycles. The summed E-state index contributed by atoms with van der Waals surface area (Å²) in [4.78, 5) is 2.41. The molecule has 0 bridgehead atoms. The average Bonchev–Trinajstić information content (AvgIpc) is 2.62. The van der Waals surface area contributed by atoms with E-state index >= 15 is 0 Å². The highest BCUT2D eigenvalue weighted by molar-refractivity contribution is 7.91. The second kappa shape index (κ2) is 8.24. The molecule has 2 saturated heterocycles. The van der Waals surface area contributed by atoms with Crippen LogP contribution in [0.25, 0.3) is 0 Å². The van der Waals surface area contributed by atoms with Crippen LogP contribution in [0.15, 0.2) is 23.1 Å². The largest absolute Gasteiger partial charge is 0.495 e. The summed E-state index contributed by atoms with van der Waals surface area (Å²) in [7, 11) is -5.04. The lowest BCUT2D eigenvalue weighted by Gasteiger charge is -2.39. The third kappa shape index (κ3) is 5.14. The number of ether oxygens (including phenoxy) is 1. The number of hydrogen-bond donors (Lipinski definition) is 1. The van der Waals surface area contributed by atoms with E-state index in [9.17, 15) is 16.8 Å². The van der Waals surface area contributed by atoms with Crippen molar-refractivity contribution in [3.63, 3.8) is 0 Å². The Labute approximate surface area is 166 Å². The molecule has 0 aliphatic carbocycles. The Bertz CT molecular complexity index is 867. The Kier molecular flexibility index (Phi) is 6.37. The summed E-state index contributed by atoms with van der Waals surface area (Å²) in [6, 6.07) is 4.55. The Morgan fingerprint density at radius 2 is 1.78 bits per heavy atom. The fraction of sp³-hybridized carbons (Fsp3) is 0.647. The highest BCUT2D eigenvalue weighted by Crippen LogP contribution is 2.28. The van der Waals surface area contributed by atoms with Crippen LogP contribution in [0.3, 0.4) is 0 Å². The van der Waals surface area contributed by atoms with Crippen LogP contribution in [0.4, 0.5) is 0 Å². The molecule has 2 aliphatic heterocycles. The lowest BCUT2D eigenvalue weighted by molar-refractivity contribution is 0.140. The third-order valence-electron chi connectivity index (χ3n) is 5.33. The topological polar surface area (TPSA) is 92.8 Å². The molecule has 0 unspecified atom stereocenters. The minimum Gasteiger partial charge on any atom is -0.495 e. The van der Waals surface area contributed by atoms with Crippen LogP contribution in [0.5, 0.6) is 5.75 Å². The zero-order valence-electron chi connectivity index (χ0n) is 15.2. The van der Waals surface area contributed by atoms with Gasteiger partial charge >= 0.3 is 0 Å². The maximum atomic E-state index is 12.6. The quantitative estimate of drug-likeness (QED) is 0.754. The Morgan fingerprint density at radius 1 is 1.15 bits per heavy atom. The molecular formula is C17H25ClN2O5S2. The molecule has 0 aromatic heterocycles. The van der Waals surface area contributed by atoms with Gasteiger partial charge in [0.05, 0.1) is 28.5 Å². The second-order valence-corrected chi connectivity index (χ2v) is 11.5. The summed E-state index contributed by atoms with van der Waals surface area (Å²) in [5.41, 5.74) is 0. The molecule has 1 aromatic carbocycles. The number of rotatable bonds is 5. The summed E-state index contributed by atoms with van der Waals surface area (Å²) >= 11 is 6.04. The normalized spacial score (nSPS) is 22.6. The van der Waals surface area contributed by atoms with Gasteiger partial charge in [-0.1, -0.05) is 11.6 Å². The van der Waals surface area contributed by atoms with Crippen LogP contribution in [0.2, 0.25) is 5.02 Å². The molecule has 10 heteroatoms. The van der Waals surface area contributed by atoms with E-state index in [4.69, 9.17) is 16.3 Å². The molecule has 3 rings (SSSR count). The molecule has 0 spiro atoms. The summed E-state index contributed by atoms with van der Waals surface area (Å²) in [6.07, 6.45) is 2.74. The maximum absolute atomic E-state index is 12.6. The minimum atomic E-state index is -3.65. The smallest absolute Gasteiger partial charge is 0.240 e. The summed E-state index contributed by atoms with van der Waals surface area (Å²) in [5, 5.41) is 0.252. The van der Waals surface area contributed by atoms with Crippen molar-refractivity contribution in [1.29, 1.82) is 0 Å². The first kappa shape index (κ1) is 20.9. The lowest BCUT2D eigenvalue weighted by Crippen LogP contribution is -2.49. The minimum absolute atomic E-state index is 0.119. The van der Waals surface area contributed by atoms with E-state index in [1.54, 1.807) is 0 Å².